The molecular formula is C21H26N4O3. The summed E-state index contributed by atoms with van der Waals surface area (Å²) in [5.74, 6) is -0.830. The zero-order valence-electron chi connectivity index (χ0n) is 16.7. The summed E-state index contributed by atoms with van der Waals surface area (Å²) in [5.41, 5.74) is 1.98. The maximum atomic E-state index is 13.1. The number of esters is 1. The summed E-state index contributed by atoms with van der Waals surface area (Å²) in [7, 11) is 3.26. The number of benzene rings is 1. The lowest BCUT2D eigenvalue weighted by Gasteiger charge is -2.33. The van der Waals surface area contributed by atoms with Crippen molar-refractivity contribution in [1.29, 1.82) is 0 Å². The van der Waals surface area contributed by atoms with E-state index in [-0.39, 0.29) is 17.9 Å². The monoisotopic (exact) mass is 382 g/mol. The molecule has 2 heterocycles. The summed E-state index contributed by atoms with van der Waals surface area (Å²) in [6, 6.07) is 9.50. The highest BCUT2D eigenvalue weighted by Gasteiger charge is 2.55. The molecule has 28 heavy (non-hydrogen) atoms. The molecule has 1 aromatic heterocycles. The molecular weight excluding hydrogens is 356 g/mol. The number of aryl methyl sites for hydroxylation is 1. The molecule has 148 valence electrons. The van der Waals surface area contributed by atoms with Gasteiger partial charge in [-0.15, -0.1) is 0 Å². The van der Waals surface area contributed by atoms with Crippen molar-refractivity contribution in [2.45, 2.75) is 38.4 Å². The molecule has 7 heteroatoms. The van der Waals surface area contributed by atoms with Gasteiger partial charge in [-0.1, -0.05) is 24.3 Å². The number of likely N-dealkylation sites (tertiary alicyclic amines) is 1. The largest absolute Gasteiger partial charge is 0.468 e. The van der Waals surface area contributed by atoms with E-state index in [1.807, 2.05) is 50.1 Å². The molecule has 7 nitrogen and oxygen atoms in total. The molecule has 1 N–H and O–H groups in total. The van der Waals surface area contributed by atoms with Crippen molar-refractivity contribution in [1.82, 2.24) is 20.2 Å². The highest BCUT2D eigenvalue weighted by Crippen LogP contribution is 2.47. The Morgan fingerprint density at radius 1 is 1.32 bits per heavy atom. The van der Waals surface area contributed by atoms with Gasteiger partial charge in [-0.2, -0.15) is 0 Å². The number of carbonyl (C=O) groups excluding carboxylic acids is 2. The Bertz CT molecular complexity index is 858. The molecule has 1 fully saturated rings. The molecule has 3 rings (SSSR count). The van der Waals surface area contributed by atoms with Crippen LogP contribution in [0.15, 0.2) is 42.9 Å². The number of aromatic nitrogens is 2. The molecule has 0 spiro atoms. The molecule has 1 aliphatic heterocycles. The maximum absolute atomic E-state index is 13.1. The SMILES string of the molecule is COC(=O)[C@]1(C)C[C@H](C(=O)NCc2ccncn2)[C@H](c2ccccc2C)N1C. The smallest absolute Gasteiger partial charge is 0.326 e. The molecule has 1 amide bonds. The predicted octanol–water partition coefficient (Wildman–Crippen LogP) is 2.03. The van der Waals surface area contributed by atoms with Crippen molar-refractivity contribution < 1.29 is 14.3 Å². The zero-order valence-corrected chi connectivity index (χ0v) is 16.7. The zero-order chi connectivity index (χ0) is 20.3. The lowest BCUT2D eigenvalue weighted by molar-refractivity contribution is -0.152. The minimum atomic E-state index is -0.876. The Morgan fingerprint density at radius 3 is 2.71 bits per heavy atom. The lowest BCUT2D eigenvalue weighted by Crippen LogP contribution is -2.47. The molecule has 0 bridgehead atoms. The van der Waals surface area contributed by atoms with Crippen LogP contribution in [0.2, 0.25) is 0 Å². The van der Waals surface area contributed by atoms with Gasteiger partial charge in [-0.05, 0) is 44.5 Å². The van der Waals surface area contributed by atoms with Gasteiger partial charge in [0.05, 0.1) is 25.3 Å². The lowest BCUT2D eigenvalue weighted by atomic mass is 9.88. The van der Waals surface area contributed by atoms with E-state index >= 15 is 0 Å². The Balaban J connectivity index is 1.90. The number of hydrogen-bond donors (Lipinski definition) is 1. The van der Waals surface area contributed by atoms with Crippen LogP contribution in [0, 0.1) is 12.8 Å². The molecule has 0 unspecified atom stereocenters. The minimum Gasteiger partial charge on any atom is -0.468 e. The van der Waals surface area contributed by atoms with Gasteiger partial charge in [0.1, 0.15) is 11.9 Å². The van der Waals surface area contributed by atoms with Gasteiger partial charge >= 0.3 is 5.97 Å². The van der Waals surface area contributed by atoms with Crippen LogP contribution in [-0.4, -0.2) is 46.4 Å². The van der Waals surface area contributed by atoms with Crippen LogP contribution in [0.5, 0.6) is 0 Å². The van der Waals surface area contributed by atoms with Crippen LogP contribution >= 0.6 is 0 Å². The van der Waals surface area contributed by atoms with E-state index in [0.717, 1.165) is 16.8 Å². The summed E-state index contributed by atoms with van der Waals surface area (Å²) in [6.07, 6.45) is 3.47. The third kappa shape index (κ3) is 3.62. The summed E-state index contributed by atoms with van der Waals surface area (Å²) < 4.78 is 5.05. The second-order valence-corrected chi connectivity index (χ2v) is 7.41. The molecule has 3 atom stereocenters. The fraction of sp³-hybridized carbons (Fsp3) is 0.429. The summed E-state index contributed by atoms with van der Waals surface area (Å²) in [5, 5.41) is 2.97. The van der Waals surface area contributed by atoms with Crippen LogP contribution in [0.3, 0.4) is 0 Å². The first-order valence-corrected chi connectivity index (χ1v) is 9.28. The number of methoxy groups -OCH3 is 1. The van der Waals surface area contributed by atoms with Gasteiger partial charge in [0.15, 0.2) is 0 Å². The van der Waals surface area contributed by atoms with E-state index in [0.29, 0.717) is 13.0 Å². The average Bonchev–Trinajstić information content (AvgIpc) is 2.99. The Labute approximate surface area is 165 Å². The number of rotatable bonds is 5. The Hall–Kier alpha value is -2.80. The second-order valence-electron chi connectivity index (χ2n) is 7.41. The van der Waals surface area contributed by atoms with E-state index < -0.39 is 11.5 Å². The number of ether oxygens (including phenoxy) is 1. The first-order valence-electron chi connectivity index (χ1n) is 9.28. The number of hydrogen-bond acceptors (Lipinski definition) is 6. The van der Waals surface area contributed by atoms with Gasteiger partial charge in [-0.25, -0.2) is 9.97 Å². The van der Waals surface area contributed by atoms with Crippen molar-refractivity contribution in [2.24, 2.45) is 5.92 Å². The molecule has 2 aromatic rings. The van der Waals surface area contributed by atoms with Crippen molar-refractivity contribution in [3.63, 3.8) is 0 Å². The predicted molar refractivity (Wildman–Crippen MR) is 104 cm³/mol. The normalized spacial score (nSPS) is 24.7. The average molecular weight is 382 g/mol. The molecule has 0 radical (unpaired) electrons. The third-order valence-electron chi connectivity index (χ3n) is 5.75. The van der Waals surface area contributed by atoms with Crippen LogP contribution in [-0.2, 0) is 20.9 Å². The molecule has 0 aliphatic carbocycles. The van der Waals surface area contributed by atoms with Gasteiger partial charge in [0.25, 0.3) is 0 Å². The van der Waals surface area contributed by atoms with Crippen molar-refractivity contribution in [3.05, 3.63) is 59.7 Å². The number of likely N-dealkylation sites (N-methyl/N-ethyl adjacent to an activating group) is 1. The van der Waals surface area contributed by atoms with Gasteiger partial charge in [0, 0.05) is 12.2 Å². The summed E-state index contributed by atoms with van der Waals surface area (Å²) in [4.78, 5) is 35.7. The Kier molecular flexibility index (Phi) is 5.74. The number of carbonyl (C=O) groups is 2. The van der Waals surface area contributed by atoms with Crippen LogP contribution < -0.4 is 5.32 Å². The van der Waals surface area contributed by atoms with E-state index in [2.05, 4.69) is 15.3 Å². The first-order chi connectivity index (χ1) is 13.4. The highest BCUT2D eigenvalue weighted by molar-refractivity contribution is 5.86. The van der Waals surface area contributed by atoms with E-state index in [9.17, 15) is 9.59 Å². The first kappa shape index (κ1) is 19.9. The molecule has 1 aliphatic rings. The molecule has 1 saturated heterocycles. The van der Waals surface area contributed by atoms with E-state index in [1.54, 1.807) is 12.3 Å². The molecule has 1 aromatic carbocycles. The van der Waals surface area contributed by atoms with Crippen LogP contribution in [0.1, 0.15) is 36.2 Å². The van der Waals surface area contributed by atoms with E-state index in [4.69, 9.17) is 4.74 Å². The number of nitrogens with zero attached hydrogens (tertiary/aromatic N) is 3. The van der Waals surface area contributed by atoms with E-state index in [1.165, 1.54) is 13.4 Å². The molecule has 0 saturated carbocycles. The van der Waals surface area contributed by atoms with Crippen LogP contribution in [0.4, 0.5) is 0 Å². The Morgan fingerprint density at radius 2 is 2.07 bits per heavy atom. The van der Waals surface area contributed by atoms with Crippen LogP contribution in [0.25, 0.3) is 0 Å². The van der Waals surface area contributed by atoms with Gasteiger partial charge < -0.3 is 10.1 Å². The fourth-order valence-electron chi connectivity index (χ4n) is 4.02. The van der Waals surface area contributed by atoms with Gasteiger partial charge in [0.2, 0.25) is 5.91 Å². The fourth-order valence-corrected chi connectivity index (χ4v) is 4.02. The van der Waals surface area contributed by atoms with Crippen molar-refractivity contribution in [2.75, 3.05) is 14.2 Å². The summed E-state index contributed by atoms with van der Waals surface area (Å²) in [6.45, 7) is 4.17. The van der Waals surface area contributed by atoms with Crippen molar-refractivity contribution in [3.8, 4) is 0 Å². The third-order valence-corrected chi connectivity index (χ3v) is 5.75. The minimum absolute atomic E-state index is 0.105. The highest BCUT2D eigenvalue weighted by atomic mass is 16.5. The van der Waals surface area contributed by atoms with Crippen molar-refractivity contribution >= 4 is 11.9 Å². The summed E-state index contributed by atoms with van der Waals surface area (Å²) >= 11 is 0. The number of amides is 1. The topological polar surface area (TPSA) is 84.4 Å². The quantitative estimate of drug-likeness (QED) is 0.797. The standard InChI is InChI=1S/C21H26N4O3/c1-14-7-5-6-8-16(14)18-17(11-21(2,25(18)3)20(27)28-4)19(26)23-12-15-9-10-22-13-24-15/h5-10,13,17-18H,11-12H2,1-4H3,(H,23,26)/t17-,18-,21-/m0/s1. The maximum Gasteiger partial charge on any atom is 0.326 e. The number of nitrogens with one attached hydrogen (secondary N) is 1. The van der Waals surface area contributed by atoms with Gasteiger partial charge in [-0.3, -0.25) is 14.5 Å². The second kappa shape index (κ2) is 8.06.